The smallest absolute Gasteiger partial charge is 0.306 e. The lowest BCUT2D eigenvalue weighted by atomic mass is 9.91. The Hall–Kier alpha value is -4.16. The van der Waals surface area contributed by atoms with Gasteiger partial charge in [0.15, 0.2) is 0 Å². The molecule has 0 fully saturated rings. The minimum Gasteiger partial charge on any atom is -0.469 e. The quantitative estimate of drug-likeness (QED) is 0.256. The number of nitrogens with zero attached hydrogens (tertiary/aromatic N) is 2. The van der Waals surface area contributed by atoms with Crippen LogP contribution < -0.4 is 5.56 Å². The van der Waals surface area contributed by atoms with E-state index in [2.05, 4.69) is 0 Å². The number of hydrogen-bond acceptors (Lipinski definition) is 4. The minimum atomic E-state index is -0.451. The summed E-state index contributed by atoms with van der Waals surface area (Å²) in [7, 11) is 3.04. The Bertz CT molecular complexity index is 1750. The molecule has 0 aliphatic rings. The summed E-state index contributed by atoms with van der Waals surface area (Å²) >= 11 is 6.43. The maximum absolute atomic E-state index is 14.0. The van der Waals surface area contributed by atoms with E-state index < -0.39 is 5.97 Å². The Kier molecular flexibility index (Phi) is 6.44. The van der Waals surface area contributed by atoms with Gasteiger partial charge in [0.1, 0.15) is 0 Å². The van der Waals surface area contributed by atoms with Crippen LogP contribution in [-0.4, -0.2) is 28.1 Å². The molecule has 0 aliphatic heterocycles. The molecule has 7 heteroatoms. The summed E-state index contributed by atoms with van der Waals surface area (Å²) in [6.07, 6.45) is 1.67. The Morgan fingerprint density at radius 3 is 2.35 bits per heavy atom. The predicted octanol–water partition coefficient (Wildman–Crippen LogP) is 6.38. The van der Waals surface area contributed by atoms with Crippen LogP contribution in [0.5, 0.6) is 0 Å². The van der Waals surface area contributed by atoms with Crippen molar-refractivity contribution in [3.8, 4) is 22.3 Å². The third-order valence-corrected chi connectivity index (χ3v) is 6.92. The molecule has 0 aliphatic carbocycles. The van der Waals surface area contributed by atoms with Gasteiger partial charge in [-0.15, -0.1) is 0 Å². The van der Waals surface area contributed by atoms with Crippen LogP contribution in [0.15, 0.2) is 77.7 Å². The molecule has 0 bridgehead atoms. The molecule has 0 N–H and O–H groups in total. The van der Waals surface area contributed by atoms with E-state index in [-0.39, 0.29) is 24.3 Å². The van der Waals surface area contributed by atoms with Crippen molar-refractivity contribution in [3.63, 3.8) is 0 Å². The van der Waals surface area contributed by atoms with Crippen LogP contribution in [0.3, 0.4) is 0 Å². The highest BCUT2D eigenvalue weighted by Gasteiger charge is 2.24. The molecule has 0 saturated heterocycles. The first-order valence-electron chi connectivity index (χ1n) is 11.9. The molecule has 3 aromatic carbocycles. The molecular weight excluding hydrogens is 488 g/mol. The zero-order valence-electron chi connectivity index (χ0n) is 20.7. The molecule has 2 aromatic heterocycles. The van der Waals surface area contributed by atoms with E-state index in [1.807, 2.05) is 67.6 Å². The van der Waals surface area contributed by atoms with Gasteiger partial charge in [-0.05, 0) is 42.8 Å². The summed E-state index contributed by atoms with van der Waals surface area (Å²) in [5.74, 6) is -0.708. The summed E-state index contributed by atoms with van der Waals surface area (Å²) < 4.78 is 7.85. The van der Waals surface area contributed by atoms with Crippen LogP contribution in [-0.2, 0) is 16.6 Å². The van der Waals surface area contributed by atoms with Crippen molar-refractivity contribution in [2.75, 3.05) is 7.11 Å². The number of hydrogen-bond donors (Lipinski definition) is 0. The summed E-state index contributed by atoms with van der Waals surface area (Å²) in [5.41, 5.74) is 4.99. The topological polar surface area (TPSA) is 70.3 Å². The standard InChI is InChI=1S/C30H25ClN2O4/c1-18-9-11-25-21(15-18)23(17-33(25)26(34)13-14-27(35)37-3)29-28(19-7-5-4-6-8-19)22-16-20(31)10-12-24(22)32(2)30(29)36/h4-12,15-17H,13-14H2,1-3H3. The largest absolute Gasteiger partial charge is 0.469 e. The number of carbonyl (C=O) groups excluding carboxylic acids is 2. The van der Waals surface area contributed by atoms with Crippen molar-refractivity contribution in [1.82, 2.24) is 9.13 Å². The maximum atomic E-state index is 14.0. The predicted molar refractivity (Wildman–Crippen MR) is 147 cm³/mol. The van der Waals surface area contributed by atoms with E-state index in [0.29, 0.717) is 21.7 Å². The number of aromatic nitrogens is 2. The molecule has 0 radical (unpaired) electrons. The average molecular weight is 513 g/mol. The number of fused-ring (bicyclic) bond motifs is 2. The molecule has 6 nitrogen and oxygen atoms in total. The highest BCUT2D eigenvalue weighted by atomic mass is 35.5. The van der Waals surface area contributed by atoms with Crippen LogP contribution in [0.4, 0.5) is 0 Å². The van der Waals surface area contributed by atoms with Crippen LogP contribution in [0.25, 0.3) is 44.1 Å². The number of halogens is 1. The minimum absolute atomic E-state index is 0.0132. The van der Waals surface area contributed by atoms with Gasteiger partial charge >= 0.3 is 5.97 Å². The lowest BCUT2D eigenvalue weighted by Gasteiger charge is -2.16. The third kappa shape index (κ3) is 4.34. The number of rotatable bonds is 5. The number of carbonyl (C=O) groups is 2. The van der Waals surface area contributed by atoms with Crippen LogP contribution in [0, 0.1) is 6.92 Å². The molecule has 0 spiro atoms. The van der Waals surface area contributed by atoms with Gasteiger partial charge < -0.3 is 9.30 Å². The second-order valence-electron chi connectivity index (χ2n) is 9.04. The normalized spacial score (nSPS) is 11.2. The van der Waals surface area contributed by atoms with Crippen molar-refractivity contribution in [2.45, 2.75) is 19.8 Å². The van der Waals surface area contributed by atoms with Crippen LogP contribution >= 0.6 is 11.6 Å². The van der Waals surface area contributed by atoms with E-state index in [9.17, 15) is 14.4 Å². The van der Waals surface area contributed by atoms with E-state index in [1.165, 1.54) is 11.7 Å². The first kappa shape index (κ1) is 24.5. The number of pyridine rings is 1. The van der Waals surface area contributed by atoms with Gasteiger partial charge in [-0.2, -0.15) is 0 Å². The van der Waals surface area contributed by atoms with E-state index in [4.69, 9.17) is 16.3 Å². The van der Waals surface area contributed by atoms with Gasteiger partial charge in [0.05, 0.1) is 30.1 Å². The summed E-state index contributed by atoms with van der Waals surface area (Å²) in [6.45, 7) is 1.97. The number of ether oxygens (including phenoxy) is 1. The van der Waals surface area contributed by atoms with Crippen molar-refractivity contribution in [2.24, 2.45) is 7.05 Å². The Balaban J connectivity index is 1.87. The lowest BCUT2D eigenvalue weighted by Crippen LogP contribution is -2.20. The maximum Gasteiger partial charge on any atom is 0.306 e. The van der Waals surface area contributed by atoms with Crippen molar-refractivity contribution < 1.29 is 14.3 Å². The lowest BCUT2D eigenvalue weighted by molar-refractivity contribution is -0.140. The summed E-state index contributed by atoms with van der Waals surface area (Å²) in [6, 6.07) is 21.0. The van der Waals surface area contributed by atoms with Crippen LogP contribution in [0.2, 0.25) is 5.02 Å². The van der Waals surface area contributed by atoms with Crippen molar-refractivity contribution in [3.05, 3.63) is 93.9 Å². The van der Waals surface area contributed by atoms with Gasteiger partial charge in [0.2, 0.25) is 5.91 Å². The first-order valence-corrected chi connectivity index (χ1v) is 12.3. The molecule has 0 saturated carbocycles. The van der Waals surface area contributed by atoms with Crippen molar-refractivity contribution in [1.29, 1.82) is 0 Å². The van der Waals surface area contributed by atoms with Gasteiger partial charge in [0, 0.05) is 46.6 Å². The summed E-state index contributed by atoms with van der Waals surface area (Å²) in [5, 5.41) is 2.17. The highest BCUT2D eigenvalue weighted by molar-refractivity contribution is 6.31. The second kappa shape index (κ2) is 9.71. The van der Waals surface area contributed by atoms with E-state index in [0.717, 1.165) is 33.0 Å². The first-order chi connectivity index (χ1) is 17.8. The zero-order valence-corrected chi connectivity index (χ0v) is 21.5. The van der Waals surface area contributed by atoms with E-state index in [1.54, 1.807) is 23.9 Å². The molecule has 5 rings (SSSR count). The molecule has 0 amide bonds. The third-order valence-electron chi connectivity index (χ3n) is 6.69. The molecule has 5 aromatic rings. The number of benzene rings is 3. The fourth-order valence-corrected chi connectivity index (χ4v) is 5.03. The van der Waals surface area contributed by atoms with E-state index >= 15 is 0 Å². The Morgan fingerprint density at radius 1 is 0.892 bits per heavy atom. The fraction of sp³-hybridized carbons (Fsp3) is 0.167. The van der Waals surface area contributed by atoms with Crippen molar-refractivity contribution >= 4 is 45.3 Å². The van der Waals surface area contributed by atoms with Gasteiger partial charge in [0.25, 0.3) is 5.56 Å². The fourth-order valence-electron chi connectivity index (χ4n) is 4.86. The van der Waals surface area contributed by atoms with Crippen LogP contribution in [0.1, 0.15) is 23.2 Å². The zero-order chi connectivity index (χ0) is 26.3. The van der Waals surface area contributed by atoms with Gasteiger partial charge in [-0.25, -0.2) is 0 Å². The highest BCUT2D eigenvalue weighted by Crippen LogP contribution is 2.40. The SMILES string of the molecule is COC(=O)CCC(=O)n1cc(-c2c(-c3ccccc3)c3cc(Cl)ccc3n(C)c2=O)c2cc(C)ccc21. The molecular formula is C30H25ClN2O4. The molecule has 0 atom stereocenters. The number of methoxy groups -OCH3 is 1. The monoisotopic (exact) mass is 512 g/mol. The molecule has 0 unspecified atom stereocenters. The second-order valence-corrected chi connectivity index (χ2v) is 9.48. The number of esters is 1. The van der Waals surface area contributed by atoms with Gasteiger partial charge in [-0.3, -0.25) is 19.0 Å². The summed E-state index contributed by atoms with van der Waals surface area (Å²) in [4.78, 5) is 38.9. The molecule has 2 heterocycles. The Morgan fingerprint density at radius 2 is 1.62 bits per heavy atom. The molecule has 37 heavy (non-hydrogen) atoms. The number of aryl methyl sites for hydroxylation is 2. The molecule has 186 valence electrons. The Labute approximate surface area is 218 Å². The van der Waals surface area contributed by atoms with Gasteiger partial charge in [-0.1, -0.05) is 53.6 Å². The average Bonchev–Trinajstić information content (AvgIpc) is 3.27.